The summed E-state index contributed by atoms with van der Waals surface area (Å²) in [6, 6.07) is 0. The smallest absolute Gasteiger partial charge is 0.132 e. The lowest BCUT2D eigenvalue weighted by Gasteiger charge is -2.37. The van der Waals surface area contributed by atoms with Crippen LogP contribution in [-0.2, 0) is 4.79 Å². The SMILES string of the molecule is CC(=O)[C@@H]1C[C@H](C)CC(C)(C)C1. The summed E-state index contributed by atoms with van der Waals surface area (Å²) < 4.78 is 0. The molecule has 0 aliphatic heterocycles. The van der Waals surface area contributed by atoms with E-state index in [1.54, 1.807) is 6.92 Å². The van der Waals surface area contributed by atoms with E-state index >= 15 is 0 Å². The Kier molecular flexibility index (Phi) is 2.60. The number of carbonyl (C=O) groups is 1. The Labute approximate surface area is 75.5 Å². The van der Waals surface area contributed by atoms with Crippen molar-refractivity contribution >= 4 is 5.78 Å². The normalized spacial score (nSPS) is 34.7. The molecule has 2 atom stereocenters. The Morgan fingerprint density at radius 1 is 1.33 bits per heavy atom. The molecule has 1 nitrogen and oxygen atoms in total. The summed E-state index contributed by atoms with van der Waals surface area (Å²) >= 11 is 0. The van der Waals surface area contributed by atoms with E-state index in [1.165, 1.54) is 6.42 Å². The Balaban J connectivity index is 2.64. The van der Waals surface area contributed by atoms with E-state index in [4.69, 9.17) is 0 Å². The molecule has 0 aromatic carbocycles. The van der Waals surface area contributed by atoms with Gasteiger partial charge in [-0.05, 0) is 37.5 Å². The highest BCUT2D eigenvalue weighted by molar-refractivity contribution is 5.78. The number of hydrogen-bond donors (Lipinski definition) is 0. The van der Waals surface area contributed by atoms with Crippen LogP contribution in [-0.4, -0.2) is 5.78 Å². The first-order valence-corrected chi connectivity index (χ1v) is 4.91. The summed E-state index contributed by atoms with van der Waals surface area (Å²) in [5.41, 5.74) is 0.383. The summed E-state index contributed by atoms with van der Waals surface area (Å²) in [6.45, 7) is 8.55. The average Bonchev–Trinajstić information content (AvgIpc) is 1.82. The average molecular weight is 168 g/mol. The highest BCUT2D eigenvalue weighted by atomic mass is 16.1. The number of carbonyl (C=O) groups excluding carboxylic acids is 1. The fraction of sp³-hybridized carbons (Fsp3) is 0.909. The molecule has 1 heteroatoms. The molecule has 70 valence electrons. The first-order valence-electron chi connectivity index (χ1n) is 4.91. The van der Waals surface area contributed by atoms with Crippen LogP contribution in [0.5, 0.6) is 0 Å². The first kappa shape index (κ1) is 9.76. The van der Waals surface area contributed by atoms with Crippen molar-refractivity contribution in [2.45, 2.75) is 47.0 Å². The molecule has 0 amide bonds. The van der Waals surface area contributed by atoms with E-state index in [9.17, 15) is 4.79 Å². The van der Waals surface area contributed by atoms with E-state index in [2.05, 4.69) is 20.8 Å². The molecule has 0 aromatic heterocycles. The second-order valence-corrected chi connectivity index (χ2v) is 5.22. The van der Waals surface area contributed by atoms with Gasteiger partial charge in [-0.1, -0.05) is 20.8 Å². The molecule has 1 saturated carbocycles. The first-order chi connectivity index (χ1) is 5.41. The molecule has 12 heavy (non-hydrogen) atoms. The van der Waals surface area contributed by atoms with Crippen LogP contribution in [0.25, 0.3) is 0 Å². The number of hydrogen-bond acceptors (Lipinski definition) is 1. The summed E-state index contributed by atoms with van der Waals surface area (Å²) in [6.07, 6.45) is 3.47. The Morgan fingerprint density at radius 2 is 1.92 bits per heavy atom. The molecule has 1 fully saturated rings. The van der Waals surface area contributed by atoms with Gasteiger partial charge in [0.15, 0.2) is 0 Å². The van der Waals surface area contributed by atoms with Crippen LogP contribution in [0.3, 0.4) is 0 Å². The van der Waals surface area contributed by atoms with Gasteiger partial charge >= 0.3 is 0 Å². The molecule has 0 spiro atoms. The highest BCUT2D eigenvalue weighted by Crippen LogP contribution is 2.41. The van der Waals surface area contributed by atoms with Gasteiger partial charge in [0, 0.05) is 5.92 Å². The minimum absolute atomic E-state index is 0.337. The Hall–Kier alpha value is -0.330. The molecule has 0 radical (unpaired) electrons. The highest BCUT2D eigenvalue weighted by Gasteiger charge is 2.33. The van der Waals surface area contributed by atoms with Crippen molar-refractivity contribution in [1.82, 2.24) is 0 Å². The van der Waals surface area contributed by atoms with Crippen molar-refractivity contribution in [3.8, 4) is 0 Å². The zero-order valence-corrected chi connectivity index (χ0v) is 8.68. The lowest BCUT2D eigenvalue weighted by molar-refractivity contribution is -0.123. The van der Waals surface area contributed by atoms with Crippen molar-refractivity contribution in [2.75, 3.05) is 0 Å². The van der Waals surface area contributed by atoms with Crippen molar-refractivity contribution in [3.63, 3.8) is 0 Å². The van der Waals surface area contributed by atoms with Gasteiger partial charge in [-0.2, -0.15) is 0 Å². The Morgan fingerprint density at radius 3 is 2.33 bits per heavy atom. The third-order valence-electron chi connectivity index (χ3n) is 2.96. The summed E-state index contributed by atoms with van der Waals surface area (Å²) in [5, 5.41) is 0. The molecule has 0 aromatic rings. The third-order valence-corrected chi connectivity index (χ3v) is 2.96. The Bertz CT molecular complexity index is 181. The van der Waals surface area contributed by atoms with Gasteiger partial charge in [0.25, 0.3) is 0 Å². The second-order valence-electron chi connectivity index (χ2n) is 5.22. The van der Waals surface area contributed by atoms with E-state index in [1.807, 2.05) is 0 Å². The zero-order chi connectivity index (χ0) is 9.35. The molecular weight excluding hydrogens is 148 g/mol. The minimum Gasteiger partial charge on any atom is -0.300 e. The lowest BCUT2D eigenvalue weighted by atomic mass is 9.67. The molecule has 0 heterocycles. The molecule has 0 N–H and O–H groups in total. The summed E-state index contributed by atoms with van der Waals surface area (Å²) in [4.78, 5) is 11.2. The van der Waals surface area contributed by atoms with Gasteiger partial charge in [-0.3, -0.25) is 4.79 Å². The molecule has 0 saturated heterocycles. The monoisotopic (exact) mass is 168 g/mol. The van der Waals surface area contributed by atoms with E-state index in [0.717, 1.165) is 18.8 Å². The molecule has 1 rings (SSSR count). The fourth-order valence-corrected chi connectivity index (χ4v) is 2.66. The van der Waals surface area contributed by atoms with Crippen LogP contribution in [0.1, 0.15) is 47.0 Å². The topological polar surface area (TPSA) is 17.1 Å². The fourth-order valence-electron chi connectivity index (χ4n) is 2.66. The summed E-state index contributed by atoms with van der Waals surface area (Å²) in [7, 11) is 0. The predicted molar refractivity (Wildman–Crippen MR) is 51.0 cm³/mol. The van der Waals surface area contributed by atoms with Crippen molar-refractivity contribution in [3.05, 3.63) is 0 Å². The standard InChI is InChI=1S/C11H20O/c1-8-5-10(9(2)12)7-11(3,4)6-8/h8,10H,5-7H2,1-4H3/t8-,10+/m0/s1. The molecule has 1 aliphatic rings. The second kappa shape index (κ2) is 3.20. The molecular formula is C11H20O. The maximum Gasteiger partial charge on any atom is 0.132 e. The van der Waals surface area contributed by atoms with Crippen LogP contribution < -0.4 is 0 Å². The van der Waals surface area contributed by atoms with Gasteiger partial charge in [-0.15, -0.1) is 0 Å². The lowest BCUT2D eigenvalue weighted by Crippen LogP contribution is -2.30. The van der Waals surface area contributed by atoms with E-state index in [-0.39, 0.29) is 0 Å². The van der Waals surface area contributed by atoms with Crippen molar-refractivity contribution < 1.29 is 4.79 Å². The van der Waals surface area contributed by atoms with Crippen molar-refractivity contribution in [2.24, 2.45) is 17.3 Å². The van der Waals surface area contributed by atoms with Crippen LogP contribution in [0.15, 0.2) is 0 Å². The van der Waals surface area contributed by atoms with E-state index in [0.29, 0.717) is 17.1 Å². The van der Waals surface area contributed by atoms with Gasteiger partial charge in [-0.25, -0.2) is 0 Å². The number of ketones is 1. The van der Waals surface area contributed by atoms with Gasteiger partial charge < -0.3 is 0 Å². The van der Waals surface area contributed by atoms with Crippen molar-refractivity contribution in [1.29, 1.82) is 0 Å². The van der Waals surface area contributed by atoms with E-state index < -0.39 is 0 Å². The van der Waals surface area contributed by atoms with Crippen LogP contribution >= 0.6 is 0 Å². The zero-order valence-electron chi connectivity index (χ0n) is 8.68. The summed E-state index contributed by atoms with van der Waals surface area (Å²) in [5.74, 6) is 1.45. The number of Topliss-reactive ketones (excluding diaryl/α,β-unsaturated/α-hetero) is 1. The quantitative estimate of drug-likeness (QED) is 0.588. The largest absolute Gasteiger partial charge is 0.300 e. The third kappa shape index (κ3) is 2.33. The maximum atomic E-state index is 11.2. The molecule has 0 bridgehead atoms. The number of rotatable bonds is 1. The van der Waals surface area contributed by atoms with Gasteiger partial charge in [0.1, 0.15) is 5.78 Å². The predicted octanol–water partition coefficient (Wildman–Crippen LogP) is 3.04. The van der Waals surface area contributed by atoms with Crippen LogP contribution in [0, 0.1) is 17.3 Å². The minimum atomic E-state index is 0.337. The van der Waals surface area contributed by atoms with Crippen LogP contribution in [0.4, 0.5) is 0 Å². The van der Waals surface area contributed by atoms with Gasteiger partial charge in [0.2, 0.25) is 0 Å². The maximum absolute atomic E-state index is 11.2. The van der Waals surface area contributed by atoms with Gasteiger partial charge in [0.05, 0.1) is 0 Å². The molecule has 0 unspecified atom stereocenters. The van der Waals surface area contributed by atoms with Crippen LogP contribution in [0.2, 0.25) is 0 Å². The molecule has 1 aliphatic carbocycles.